The quantitative estimate of drug-likeness (QED) is 0.0420. The standard InChI is InChI=1S/C40H62F6NO7PS2/c1-37-18-17-33-32-14-12-31(51-21-9-25-57-56-24-8-6-5-7-10-29(27-50-4)28-54-55(48)49)26-30(32)11-13-34(33)35(37)15-16-36(37)52-22-19-47(3)20-23-53-38(2,39(41,42)43)40(44,45)46/h12,14,26,29,33-36H,5-11,13,15-25,27-28H2,1-4H3/p+1. The van der Waals surface area contributed by atoms with Crippen molar-refractivity contribution in [2.24, 2.45) is 23.2 Å². The van der Waals surface area contributed by atoms with E-state index in [9.17, 15) is 30.9 Å². The molecule has 0 amide bonds. The number of benzene rings is 1. The number of hydrogen-bond donors (Lipinski definition) is 1. The topological polar surface area (TPSA) is 86.7 Å². The highest BCUT2D eigenvalue weighted by molar-refractivity contribution is 8.76. The summed E-state index contributed by atoms with van der Waals surface area (Å²) in [5.41, 5.74) is -1.31. The molecule has 2 fully saturated rings. The van der Waals surface area contributed by atoms with Crippen molar-refractivity contribution in [1.82, 2.24) is 4.90 Å². The second-order valence-electron chi connectivity index (χ2n) is 16.3. The number of ether oxygens (including phenoxy) is 4. The smallest absolute Gasteiger partial charge is 0.494 e. The molecule has 1 aromatic carbocycles. The molecule has 0 radical (unpaired) electrons. The van der Waals surface area contributed by atoms with Crippen molar-refractivity contribution in [3.63, 3.8) is 0 Å². The Morgan fingerprint density at radius 1 is 0.930 bits per heavy atom. The number of fused-ring (bicyclic) bond motifs is 5. The number of methoxy groups -OCH3 is 1. The summed E-state index contributed by atoms with van der Waals surface area (Å²) < 4.78 is 117. The zero-order valence-corrected chi connectivity index (χ0v) is 36.4. The summed E-state index contributed by atoms with van der Waals surface area (Å²) in [4.78, 5) is 10.5. The summed E-state index contributed by atoms with van der Waals surface area (Å²) in [5.74, 6) is 4.89. The fraction of sp³-hybridized carbons (Fsp3) is 0.850. The maximum Gasteiger partial charge on any atom is 0.694 e. The van der Waals surface area contributed by atoms with Gasteiger partial charge in [-0.05, 0) is 118 Å². The predicted octanol–water partition coefficient (Wildman–Crippen LogP) is 10.8. The Labute approximate surface area is 343 Å². The normalized spacial score (nSPS) is 24.6. The predicted molar refractivity (Wildman–Crippen MR) is 214 cm³/mol. The van der Waals surface area contributed by atoms with Crippen LogP contribution in [0.15, 0.2) is 18.2 Å². The van der Waals surface area contributed by atoms with Crippen molar-refractivity contribution >= 4 is 29.8 Å². The molecule has 0 spiro atoms. The maximum absolute atomic E-state index is 13.1. The molecule has 8 nitrogen and oxygen atoms in total. The van der Waals surface area contributed by atoms with Crippen LogP contribution in [0.3, 0.4) is 0 Å². The number of alkyl halides is 6. The summed E-state index contributed by atoms with van der Waals surface area (Å²) in [6, 6.07) is 6.66. The van der Waals surface area contributed by atoms with Gasteiger partial charge in [-0.15, -0.1) is 9.42 Å². The molecule has 0 saturated heterocycles. The van der Waals surface area contributed by atoms with E-state index in [1.165, 1.54) is 24.0 Å². The Morgan fingerprint density at radius 2 is 1.63 bits per heavy atom. The lowest BCUT2D eigenvalue weighted by molar-refractivity contribution is -0.374. The summed E-state index contributed by atoms with van der Waals surface area (Å²) in [6.07, 6.45) is 1.74. The minimum Gasteiger partial charge on any atom is -0.494 e. The third-order valence-electron chi connectivity index (χ3n) is 12.5. The molecule has 0 aromatic heterocycles. The largest absolute Gasteiger partial charge is 0.694 e. The Bertz CT molecular complexity index is 1370. The van der Waals surface area contributed by atoms with Crippen LogP contribution in [0.1, 0.15) is 102 Å². The first kappa shape index (κ1) is 48.8. The fourth-order valence-corrected chi connectivity index (χ4v) is 11.6. The van der Waals surface area contributed by atoms with Crippen molar-refractivity contribution in [1.29, 1.82) is 0 Å². The molecular formula is C40H63F6NO7PS2+. The van der Waals surface area contributed by atoms with E-state index in [-0.39, 0.29) is 37.5 Å². The summed E-state index contributed by atoms with van der Waals surface area (Å²) in [5, 5.41) is 0. The zero-order valence-electron chi connectivity index (χ0n) is 33.8. The van der Waals surface area contributed by atoms with E-state index in [1.807, 2.05) is 21.6 Å². The van der Waals surface area contributed by atoms with Gasteiger partial charge in [0.15, 0.2) is 0 Å². The molecule has 1 aromatic rings. The number of hydrogen-bond acceptors (Lipinski definition) is 9. The van der Waals surface area contributed by atoms with E-state index in [0.717, 1.165) is 81.5 Å². The van der Waals surface area contributed by atoms with Crippen LogP contribution in [0.25, 0.3) is 0 Å². The number of nitrogens with zero attached hydrogens (tertiary/aromatic N) is 1. The zero-order chi connectivity index (χ0) is 41.7. The molecule has 57 heavy (non-hydrogen) atoms. The summed E-state index contributed by atoms with van der Waals surface area (Å²) >= 11 is 0. The lowest BCUT2D eigenvalue weighted by Gasteiger charge is -2.50. The van der Waals surface area contributed by atoms with E-state index >= 15 is 0 Å². The highest BCUT2D eigenvalue weighted by Crippen LogP contribution is 2.61. The van der Waals surface area contributed by atoms with Crippen molar-refractivity contribution in [2.45, 2.75) is 121 Å². The second-order valence-corrected chi connectivity index (χ2v) is 19.8. The third kappa shape index (κ3) is 13.8. The Hall–Kier alpha value is -0.840. The Kier molecular flexibility index (Phi) is 19.6. The molecule has 7 unspecified atom stereocenters. The molecule has 3 aliphatic rings. The molecule has 0 aliphatic heterocycles. The van der Waals surface area contributed by atoms with Gasteiger partial charge in [0, 0.05) is 42.2 Å². The van der Waals surface area contributed by atoms with Crippen LogP contribution in [-0.4, -0.2) is 106 Å². The lowest BCUT2D eigenvalue weighted by Crippen LogP contribution is -2.57. The Morgan fingerprint density at radius 3 is 2.33 bits per heavy atom. The van der Waals surface area contributed by atoms with Gasteiger partial charge in [0.1, 0.15) is 12.4 Å². The van der Waals surface area contributed by atoms with Gasteiger partial charge >= 0.3 is 20.6 Å². The van der Waals surface area contributed by atoms with E-state index in [2.05, 4.69) is 29.9 Å². The highest BCUT2D eigenvalue weighted by atomic mass is 33.1. The van der Waals surface area contributed by atoms with Crippen LogP contribution in [0, 0.1) is 23.2 Å². The molecule has 2 saturated carbocycles. The molecule has 328 valence electrons. The SMILES string of the molecule is COCC(CCCCCCSSCCCOc1ccc2c(c1)CCC1C2CCC2(C)C(OCCN(C)CCOC(C)(C(F)(F)F)C(F)(F)F)CCC12)CO[P+](=O)O. The number of aryl methyl sites for hydroxylation is 1. The molecule has 17 heteroatoms. The second kappa shape index (κ2) is 22.8. The van der Waals surface area contributed by atoms with Gasteiger partial charge in [-0.1, -0.05) is 53.8 Å². The van der Waals surface area contributed by atoms with Gasteiger partial charge in [0.2, 0.25) is 0 Å². The van der Waals surface area contributed by atoms with Gasteiger partial charge in [-0.2, -0.15) is 26.3 Å². The average Bonchev–Trinajstić information content (AvgIpc) is 3.48. The molecule has 7 atom stereocenters. The molecule has 3 aliphatic carbocycles. The van der Waals surface area contributed by atoms with Crippen molar-refractivity contribution in [3.8, 4) is 5.75 Å². The summed E-state index contributed by atoms with van der Waals surface area (Å²) in [7, 11) is 4.53. The lowest BCUT2D eigenvalue weighted by atomic mass is 9.55. The van der Waals surface area contributed by atoms with Crippen molar-refractivity contribution < 1.29 is 59.3 Å². The number of likely N-dealkylation sites (N-methyl/N-ethyl adjacent to an activating group) is 1. The van der Waals surface area contributed by atoms with E-state index in [0.29, 0.717) is 44.1 Å². The molecule has 0 bridgehead atoms. The minimum atomic E-state index is -5.57. The molecule has 4 rings (SSSR count). The van der Waals surface area contributed by atoms with E-state index in [4.69, 9.17) is 23.6 Å². The van der Waals surface area contributed by atoms with Crippen molar-refractivity contribution in [3.05, 3.63) is 29.3 Å². The first-order valence-electron chi connectivity index (χ1n) is 20.4. The summed E-state index contributed by atoms with van der Waals surface area (Å²) in [6.45, 7) is 3.80. The molecule has 1 N–H and O–H groups in total. The van der Waals surface area contributed by atoms with Gasteiger partial charge < -0.3 is 23.8 Å². The van der Waals surface area contributed by atoms with Crippen LogP contribution < -0.4 is 4.74 Å². The monoisotopic (exact) mass is 878 g/mol. The van der Waals surface area contributed by atoms with Crippen LogP contribution in [0.5, 0.6) is 5.75 Å². The fourth-order valence-electron chi connectivity index (χ4n) is 9.06. The number of rotatable bonds is 26. The maximum atomic E-state index is 13.1. The minimum absolute atomic E-state index is 0.0320. The van der Waals surface area contributed by atoms with Gasteiger partial charge in [0.05, 0.1) is 32.5 Å². The van der Waals surface area contributed by atoms with E-state index in [1.54, 1.807) is 19.1 Å². The van der Waals surface area contributed by atoms with Gasteiger partial charge in [-0.25, -0.2) is 0 Å². The van der Waals surface area contributed by atoms with E-state index < -0.39 is 32.8 Å². The third-order valence-corrected chi connectivity index (χ3v) is 15.4. The Balaban J connectivity index is 1.10. The van der Waals surface area contributed by atoms with Gasteiger partial charge in [-0.3, -0.25) is 0 Å². The van der Waals surface area contributed by atoms with Gasteiger partial charge in [0.25, 0.3) is 5.60 Å². The molecular weight excluding hydrogens is 816 g/mol. The van der Waals surface area contributed by atoms with Crippen LogP contribution in [-0.2, 0) is 29.7 Å². The first-order chi connectivity index (χ1) is 27.0. The molecule has 0 heterocycles. The first-order valence-corrected chi connectivity index (χ1v) is 24.0. The van der Waals surface area contributed by atoms with Crippen LogP contribution >= 0.6 is 29.8 Å². The average molecular weight is 879 g/mol. The van der Waals surface area contributed by atoms with Crippen LogP contribution in [0.4, 0.5) is 26.3 Å². The van der Waals surface area contributed by atoms with Crippen LogP contribution in [0.2, 0.25) is 0 Å². The number of halogens is 6. The highest BCUT2D eigenvalue weighted by Gasteiger charge is 2.69. The van der Waals surface area contributed by atoms with Crippen molar-refractivity contribution in [2.75, 3.05) is 71.8 Å². The number of unbranched alkanes of at least 4 members (excludes halogenated alkanes) is 3.